The summed E-state index contributed by atoms with van der Waals surface area (Å²) in [5, 5.41) is -0.305. The van der Waals surface area contributed by atoms with Crippen LogP contribution in [-0.4, -0.2) is 35.8 Å². The first kappa shape index (κ1) is 25.1. The highest BCUT2D eigenvalue weighted by Crippen LogP contribution is 2.38. The van der Waals surface area contributed by atoms with Crippen LogP contribution in [0.1, 0.15) is 18.1 Å². The number of halogens is 1. The maximum Gasteiger partial charge on any atom is 0.293 e. The van der Waals surface area contributed by atoms with Gasteiger partial charge in [-0.2, -0.15) is 0 Å². The smallest absolute Gasteiger partial charge is 0.293 e. The first-order chi connectivity index (χ1) is 17.0. The van der Waals surface area contributed by atoms with E-state index >= 15 is 0 Å². The minimum Gasteiger partial charge on any atom is -0.492 e. The lowest BCUT2D eigenvalue weighted by molar-refractivity contribution is -0.123. The van der Waals surface area contributed by atoms with Gasteiger partial charge >= 0.3 is 0 Å². The average Bonchev–Trinajstić information content (AvgIpc) is 3.12. The van der Waals surface area contributed by atoms with E-state index in [1.807, 2.05) is 79.7 Å². The maximum absolute atomic E-state index is 12.9. The molecule has 2 amide bonds. The van der Waals surface area contributed by atoms with Gasteiger partial charge in [0.15, 0.2) is 11.5 Å². The van der Waals surface area contributed by atoms with Crippen molar-refractivity contribution in [3.05, 3.63) is 92.4 Å². The summed E-state index contributed by atoms with van der Waals surface area (Å²) in [6.07, 6.45) is 1.72. The summed E-state index contributed by atoms with van der Waals surface area (Å²) < 4.78 is 18.4. The molecule has 0 spiro atoms. The van der Waals surface area contributed by atoms with Crippen LogP contribution in [0.3, 0.4) is 0 Å². The summed E-state index contributed by atoms with van der Waals surface area (Å²) in [5.41, 5.74) is 1.82. The van der Waals surface area contributed by atoms with Crippen molar-refractivity contribution in [2.75, 3.05) is 19.8 Å². The Morgan fingerprint density at radius 2 is 1.66 bits per heavy atom. The van der Waals surface area contributed by atoms with Gasteiger partial charge in [-0.25, -0.2) is 0 Å². The van der Waals surface area contributed by atoms with E-state index in [9.17, 15) is 9.59 Å². The Bertz CT molecular complexity index is 1220. The fraction of sp³-hybridized carbons (Fsp3) is 0.185. The summed E-state index contributed by atoms with van der Waals surface area (Å²) in [6, 6.07) is 23.0. The maximum atomic E-state index is 12.9. The van der Waals surface area contributed by atoms with Gasteiger partial charge in [0.05, 0.1) is 21.6 Å². The second-order valence-corrected chi connectivity index (χ2v) is 9.69. The minimum absolute atomic E-state index is 0.185. The normalized spacial score (nSPS) is 14.5. The standard InChI is InChI=1S/C27H24INO5S/c1-2-32-23-16-20(15-22(28)25(23)34-18-19-9-5-3-6-10-19)17-24-26(30)29(27(31)35-24)13-14-33-21-11-7-4-8-12-21/h3-12,15-17H,2,13-14,18H2,1H3/b24-17-. The quantitative estimate of drug-likeness (QED) is 0.199. The number of ether oxygens (including phenoxy) is 3. The Morgan fingerprint density at radius 3 is 2.37 bits per heavy atom. The number of carbonyl (C=O) groups excluding carboxylic acids is 2. The highest BCUT2D eigenvalue weighted by atomic mass is 127. The predicted octanol–water partition coefficient (Wildman–Crippen LogP) is 6.38. The summed E-state index contributed by atoms with van der Waals surface area (Å²) in [6.45, 7) is 3.21. The van der Waals surface area contributed by atoms with Crippen molar-refractivity contribution in [2.24, 2.45) is 0 Å². The van der Waals surface area contributed by atoms with Crippen LogP contribution in [0.2, 0.25) is 0 Å². The summed E-state index contributed by atoms with van der Waals surface area (Å²) in [5.74, 6) is 1.62. The largest absolute Gasteiger partial charge is 0.492 e. The van der Waals surface area contributed by atoms with Crippen molar-refractivity contribution in [2.45, 2.75) is 13.5 Å². The zero-order valence-corrected chi connectivity index (χ0v) is 22.1. The number of carbonyl (C=O) groups is 2. The third kappa shape index (κ3) is 6.58. The molecule has 0 radical (unpaired) electrons. The molecule has 0 aromatic heterocycles. The fourth-order valence-electron chi connectivity index (χ4n) is 3.42. The molecule has 0 N–H and O–H groups in total. The van der Waals surface area contributed by atoms with E-state index < -0.39 is 0 Å². The zero-order chi connectivity index (χ0) is 24.6. The van der Waals surface area contributed by atoms with E-state index in [2.05, 4.69) is 22.6 Å². The number of hydrogen-bond donors (Lipinski definition) is 0. The van der Waals surface area contributed by atoms with Crippen LogP contribution < -0.4 is 14.2 Å². The molecule has 1 fully saturated rings. The van der Waals surface area contributed by atoms with E-state index in [1.165, 1.54) is 4.90 Å². The molecular formula is C27H24INO5S. The molecule has 0 aliphatic carbocycles. The average molecular weight is 601 g/mol. The number of rotatable bonds is 10. The van der Waals surface area contributed by atoms with Gasteiger partial charge in [0.2, 0.25) is 0 Å². The molecule has 6 nitrogen and oxygen atoms in total. The Balaban J connectivity index is 1.46. The third-order valence-corrected chi connectivity index (χ3v) is 6.76. The van der Waals surface area contributed by atoms with Gasteiger partial charge in [0.1, 0.15) is 19.0 Å². The van der Waals surface area contributed by atoms with E-state index in [-0.39, 0.29) is 24.3 Å². The van der Waals surface area contributed by atoms with Crippen molar-refractivity contribution in [1.82, 2.24) is 4.90 Å². The van der Waals surface area contributed by atoms with Crippen molar-refractivity contribution in [3.8, 4) is 17.2 Å². The molecule has 3 aromatic rings. The first-order valence-corrected chi connectivity index (χ1v) is 13.0. The number of benzene rings is 3. The van der Waals surface area contributed by atoms with Gasteiger partial charge < -0.3 is 14.2 Å². The third-order valence-electron chi connectivity index (χ3n) is 5.06. The van der Waals surface area contributed by atoms with Gasteiger partial charge in [-0.15, -0.1) is 0 Å². The summed E-state index contributed by atoms with van der Waals surface area (Å²) >= 11 is 3.13. The molecule has 0 atom stereocenters. The molecule has 0 saturated carbocycles. The SMILES string of the molecule is CCOc1cc(/C=C2\SC(=O)N(CCOc3ccccc3)C2=O)cc(I)c1OCc1ccccc1. The molecule has 3 aromatic carbocycles. The second kappa shape index (κ2) is 12.1. The Labute approximate surface area is 222 Å². The van der Waals surface area contributed by atoms with Crippen molar-refractivity contribution >= 4 is 51.6 Å². The van der Waals surface area contributed by atoms with E-state index in [0.29, 0.717) is 35.4 Å². The molecule has 0 bridgehead atoms. The lowest BCUT2D eigenvalue weighted by atomic mass is 10.1. The number of amides is 2. The molecule has 35 heavy (non-hydrogen) atoms. The highest BCUT2D eigenvalue weighted by molar-refractivity contribution is 14.1. The van der Waals surface area contributed by atoms with Crippen LogP contribution in [0.15, 0.2) is 77.7 Å². The van der Waals surface area contributed by atoms with Gasteiger partial charge in [0.25, 0.3) is 11.1 Å². The molecule has 180 valence electrons. The molecule has 1 saturated heterocycles. The highest BCUT2D eigenvalue weighted by Gasteiger charge is 2.35. The van der Waals surface area contributed by atoms with Gasteiger partial charge in [0, 0.05) is 0 Å². The molecule has 1 heterocycles. The lowest BCUT2D eigenvalue weighted by Crippen LogP contribution is -2.32. The zero-order valence-electron chi connectivity index (χ0n) is 19.1. The minimum atomic E-state index is -0.325. The Kier molecular flexibility index (Phi) is 8.70. The van der Waals surface area contributed by atoms with Crippen molar-refractivity contribution in [3.63, 3.8) is 0 Å². The van der Waals surface area contributed by atoms with Crippen LogP contribution in [-0.2, 0) is 11.4 Å². The van der Waals surface area contributed by atoms with E-state index in [4.69, 9.17) is 14.2 Å². The number of para-hydroxylation sites is 1. The molecular weight excluding hydrogens is 577 g/mol. The number of thioether (sulfide) groups is 1. The van der Waals surface area contributed by atoms with Crippen LogP contribution in [0, 0.1) is 3.57 Å². The number of imide groups is 1. The fourth-order valence-corrected chi connectivity index (χ4v) is 5.07. The molecule has 1 aliphatic rings. The Hall–Kier alpha value is -2.98. The van der Waals surface area contributed by atoms with E-state index in [0.717, 1.165) is 26.5 Å². The van der Waals surface area contributed by atoms with E-state index in [1.54, 1.807) is 6.08 Å². The number of hydrogen-bond acceptors (Lipinski definition) is 6. The van der Waals surface area contributed by atoms with Crippen molar-refractivity contribution in [1.29, 1.82) is 0 Å². The monoisotopic (exact) mass is 601 g/mol. The van der Waals surface area contributed by atoms with Gasteiger partial charge in [-0.05, 0) is 82.7 Å². The topological polar surface area (TPSA) is 65.1 Å². The summed E-state index contributed by atoms with van der Waals surface area (Å²) in [7, 11) is 0. The van der Waals surface area contributed by atoms with Crippen LogP contribution >= 0.6 is 34.4 Å². The molecule has 0 unspecified atom stereocenters. The van der Waals surface area contributed by atoms with Crippen LogP contribution in [0.4, 0.5) is 4.79 Å². The first-order valence-electron chi connectivity index (χ1n) is 11.1. The molecule has 4 rings (SSSR count). The predicted molar refractivity (Wildman–Crippen MR) is 146 cm³/mol. The van der Waals surface area contributed by atoms with Gasteiger partial charge in [-0.1, -0.05) is 48.5 Å². The van der Waals surface area contributed by atoms with Gasteiger partial charge in [-0.3, -0.25) is 14.5 Å². The second-order valence-electron chi connectivity index (χ2n) is 7.53. The number of nitrogens with zero attached hydrogens (tertiary/aromatic N) is 1. The van der Waals surface area contributed by atoms with Crippen LogP contribution in [0.5, 0.6) is 17.2 Å². The molecule has 8 heteroatoms. The lowest BCUT2D eigenvalue weighted by Gasteiger charge is -2.15. The van der Waals surface area contributed by atoms with Crippen LogP contribution in [0.25, 0.3) is 6.08 Å². The molecule has 1 aliphatic heterocycles. The van der Waals surface area contributed by atoms with Crippen molar-refractivity contribution < 1.29 is 23.8 Å². The Morgan fingerprint density at radius 1 is 0.943 bits per heavy atom. The summed E-state index contributed by atoms with van der Waals surface area (Å²) in [4.78, 5) is 26.9.